The highest BCUT2D eigenvalue weighted by Gasteiger charge is 2.55. The fourth-order valence-electron chi connectivity index (χ4n) is 6.17. The molecule has 0 amide bonds. The second kappa shape index (κ2) is 14.1. The zero-order valence-electron chi connectivity index (χ0n) is 25.7. The van der Waals surface area contributed by atoms with Crippen LogP contribution in [-0.2, 0) is 43.9 Å². The monoisotopic (exact) mass is 593 g/mol. The van der Waals surface area contributed by atoms with Crippen LogP contribution in [0.3, 0.4) is 0 Å². The van der Waals surface area contributed by atoms with Crippen molar-refractivity contribution in [3.63, 3.8) is 0 Å². The van der Waals surface area contributed by atoms with Gasteiger partial charge in [0.25, 0.3) is 5.72 Å². The first kappa shape index (κ1) is 33.6. The van der Waals surface area contributed by atoms with Crippen LogP contribution in [-0.4, -0.2) is 43.2 Å². The first-order valence-electron chi connectivity index (χ1n) is 14.8. The number of methoxy groups -OCH3 is 1. The molecule has 0 heterocycles. The van der Waals surface area contributed by atoms with Gasteiger partial charge in [0.2, 0.25) is 0 Å². The van der Waals surface area contributed by atoms with E-state index >= 15 is 0 Å². The molecule has 1 unspecified atom stereocenters. The lowest BCUT2D eigenvalue weighted by Crippen LogP contribution is -2.54. The molecule has 9 nitrogen and oxygen atoms in total. The van der Waals surface area contributed by atoms with Crippen molar-refractivity contribution in [2.24, 2.45) is 28.9 Å². The van der Waals surface area contributed by atoms with E-state index in [1.165, 1.54) is 6.08 Å². The lowest BCUT2D eigenvalue weighted by molar-refractivity contribution is -0.189. The van der Waals surface area contributed by atoms with Crippen LogP contribution >= 0.6 is 0 Å². The van der Waals surface area contributed by atoms with E-state index in [1.807, 2.05) is 13.0 Å². The number of ether oxygens (including phenoxy) is 3. The van der Waals surface area contributed by atoms with Gasteiger partial charge in [0, 0.05) is 16.6 Å². The predicted molar refractivity (Wildman–Crippen MR) is 160 cm³/mol. The molecule has 2 aliphatic rings. The molecular formula is C34H43NO8. The van der Waals surface area contributed by atoms with Crippen LogP contribution in [0.2, 0.25) is 0 Å². The Morgan fingerprint density at radius 2 is 1.88 bits per heavy atom. The minimum atomic E-state index is -2.22. The van der Waals surface area contributed by atoms with E-state index in [9.17, 15) is 24.0 Å². The molecule has 1 aromatic rings. The number of fused-ring (bicyclic) bond motifs is 1. The maximum atomic E-state index is 13.9. The number of hydrogen-bond acceptors (Lipinski definition) is 9. The Balaban J connectivity index is 1.97. The van der Waals surface area contributed by atoms with Crippen LogP contribution in [0.25, 0.3) is 0 Å². The Morgan fingerprint density at radius 1 is 1.21 bits per heavy atom. The van der Waals surface area contributed by atoms with E-state index < -0.39 is 47.0 Å². The highest BCUT2D eigenvalue weighted by Crippen LogP contribution is 2.54. The van der Waals surface area contributed by atoms with Gasteiger partial charge >= 0.3 is 17.9 Å². The number of ketones is 1. The standard InChI is InChI=1S/C34H43NO8/c1-7-8-12-21(2)17-22(3)30(38)42-29-16-15-26(33(5)19-25(23(4)20-36)28(37)18-27(29)33)31(39)43-34(35,32(40)41-6)24-13-10-9-11-14-24/h9-11,13-14,17-18,20-21,25-26,29H,4,7-8,12,15-16,19,35H2,1-3,5-6H3/b22-17+/t21?,25-,26+,29+,33+,34+/m0/s1. The van der Waals surface area contributed by atoms with E-state index in [0.29, 0.717) is 17.4 Å². The Labute approximate surface area is 253 Å². The van der Waals surface area contributed by atoms with Gasteiger partial charge in [0.1, 0.15) is 12.4 Å². The van der Waals surface area contributed by atoms with Crippen molar-refractivity contribution in [3.8, 4) is 0 Å². The Kier molecular flexibility index (Phi) is 11.0. The summed E-state index contributed by atoms with van der Waals surface area (Å²) in [6.45, 7) is 11.4. The summed E-state index contributed by atoms with van der Waals surface area (Å²) in [7, 11) is 1.14. The summed E-state index contributed by atoms with van der Waals surface area (Å²) in [6, 6.07) is 8.13. The Morgan fingerprint density at radius 3 is 2.49 bits per heavy atom. The zero-order valence-corrected chi connectivity index (χ0v) is 25.7. The minimum Gasteiger partial charge on any atom is -0.465 e. The molecule has 0 bridgehead atoms. The Bertz CT molecular complexity index is 1310. The van der Waals surface area contributed by atoms with Gasteiger partial charge in [-0.25, -0.2) is 9.59 Å². The molecule has 2 aliphatic carbocycles. The van der Waals surface area contributed by atoms with Gasteiger partial charge < -0.3 is 14.2 Å². The number of carbonyl (C=O) groups is 5. The van der Waals surface area contributed by atoms with Gasteiger partial charge in [-0.3, -0.25) is 20.1 Å². The van der Waals surface area contributed by atoms with Crippen LogP contribution in [0, 0.1) is 23.2 Å². The lowest BCUT2D eigenvalue weighted by atomic mass is 9.56. The first-order chi connectivity index (χ1) is 20.3. The summed E-state index contributed by atoms with van der Waals surface area (Å²) in [4.78, 5) is 64.7. The summed E-state index contributed by atoms with van der Waals surface area (Å²) in [5, 5.41) is 0. The third kappa shape index (κ3) is 7.21. The number of hydrogen-bond donors (Lipinski definition) is 1. The van der Waals surface area contributed by atoms with Crippen LogP contribution < -0.4 is 5.73 Å². The highest BCUT2D eigenvalue weighted by atomic mass is 16.6. The summed E-state index contributed by atoms with van der Waals surface area (Å²) in [6.07, 6.45) is 6.58. The van der Waals surface area contributed by atoms with Crippen molar-refractivity contribution in [1.29, 1.82) is 0 Å². The number of aldehydes is 1. The molecule has 6 atom stereocenters. The molecule has 43 heavy (non-hydrogen) atoms. The van der Waals surface area contributed by atoms with Crippen molar-refractivity contribution in [2.45, 2.75) is 78.0 Å². The van der Waals surface area contributed by atoms with Gasteiger partial charge in [0.15, 0.2) is 5.78 Å². The number of carbonyl (C=O) groups excluding carboxylic acids is 5. The van der Waals surface area contributed by atoms with Crippen molar-refractivity contribution < 1.29 is 38.2 Å². The second-order valence-electron chi connectivity index (χ2n) is 11.9. The molecule has 0 radical (unpaired) electrons. The third-order valence-electron chi connectivity index (χ3n) is 8.72. The minimum absolute atomic E-state index is 0.0626. The van der Waals surface area contributed by atoms with Crippen molar-refractivity contribution >= 4 is 30.0 Å². The zero-order chi connectivity index (χ0) is 31.9. The summed E-state index contributed by atoms with van der Waals surface area (Å²) in [5.74, 6) is -4.14. The quantitative estimate of drug-likeness (QED) is 0.118. The largest absolute Gasteiger partial charge is 0.465 e. The van der Waals surface area contributed by atoms with E-state index in [0.717, 1.165) is 26.4 Å². The van der Waals surface area contributed by atoms with E-state index in [-0.39, 0.29) is 42.1 Å². The average Bonchev–Trinajstić information content (AvgIpc) is 2.99. The molecule has 9 heteroatoms. The van der Waals surface area contributed by atoms with Crippen LogP contribution in [0.4, 0.5) is 0 Å². The molecule has 232 valence electrons. The molecule has 0 aliphatic heterocycles. The SMILES string of the molecule is C=C(C=O)[C@@H]1C[C@@]2(C)C(=CC1=O)[C@H](OC(=O)/C(C)=C/C(C)CCCC)CC[C@@H]2C(=O)O[C@@](N)(C(=O)OC)c1ccccc1. The van der Waals surface area contributed by atoms with Crippen molar-refractivity contribution in [3.05, 3.63) is 71.3 Å². The van der Waals surface area contributed by atoms with Gasteiger partial charge in [-0.05, 0) is 55.7 Å². The van der Waals surface area contributed by atoms with E-state index in [4.69, 9.17) is 19.9 Å². The molecule has 1 fully saturated rings. The summed E-state index contributed by atoms with van der Waals surface area (Å²) >= 11 is 0. The molecule has 3 rings (SSSR count). The van der Waals surface area contributed by atoms with Crippen molar-refractivity contribution in [1.82, 2.24) is 0 Å². The van der Waals surface area contributed by atoms with Gasteiger partial charge in [-0.1, -0.05) is 76.6 Å². The molecule has 0 aromatic heterocycles. The number of nitrogens with two attached hydrogens (primary N) is 1. The molecule has 2 N–H and O–H groups in total. The predicted octanol–water partition coefficient (Wildman–Crippen LogP) is 4.89. The maximum absolute atomic E-state index is 13.9. The highest BCUT2D eigenvalue weighted by molar-refractivity contribution is 6.00. The molecule has 0 saturated heterocycles. The summed E-state index contributed by atoms with van der Waals surface area (Å²) < 4.78 is 16.6. The van der Waals surface area contributed by atoms with Crippen LogP contribution in [0.5, 0.6) is 0 Å². The molecular weight excluding hydrogens is 550 g/mol. The molecule has 1 saturated carbocycles. The van der Waals surface area contributed by atoms with Gasteiger partial charge in [0.05, 0.1) is 18.9 Å². The smallest absolute Gasteiger partial charge is 0.371 e. The number of unbranched alkanes of at least 4 members (excludes halogenated alkanes) is 1. The van der Waals surface area contributed by atoms with Crippen LogP contribution in [0.15, 0.2) is 65.8 Å². The molecule has 1 aromatic carbocycles. The average molecular weight is 594 g/mol. The van der Waals surface area contributed by atoms with E-state index in [1.54, 1.807) is 44.2 Å². The van der Waals surface area contributed by atoms with Gasteiger partial charge in [-0.15, -0.1) is 0 Å². The third-order valence-corrected chi connectivity index (χ3v) is 8.72. The Hall–Kier alpha value is -3.85. The topological polar surface area (TPSA) is 139 Å². The summed E-state index contributed by atoms with van der Waals surface area (Å²) in [5.41, 5.74) is 4.32. The number of esters is 3. The second-order valence-corrected chi connectivity index (χ2v) is 11.9. The number of rotatable bonds is 12. The normalized spacial score (nSPS) is 25.7. The lowest BCUT2D eigenvalue weighted by Gasteiger charge is -2.49. The number of benzene rings is 1. The fraction of sp³-hybridized carbons (Fsp3) is 0.500. The number of allylic oxidation sites excluding steroid dienone is 3. The van der Waals surface area contributed by atoms with Crippen molar-refractivity contribution in [2.75, 3.05) is 7.11 Å². The van der Waals surface area contributed by atoms with Gasteiger partial charge in [-0.2, -0.15) is 0 Å². The first-order valence-corrected chi connectivity index (χ1v) is 14.8. The van der Waals surface area contributed by atoms with Crippen LogP contribution in [0.1, 0.15) is 71.8 Å². The maximum Gasteiger partial charge on any atom is 0.371 e. The fourth-order valence-corrected chi connectivity index (χ4v) is 6.17. The van der Waals surface area contributed by atoms with E-state index in [2.05, 4.69) is 13.5 Å². The molecule has 0 spiro atoms.